The van der Waals surface area contributed by atoms with Gasteiger partial charge in [-0.15, -0.1) is 0 Å². The lowest BCUT2D eigenvalue weighted by Crippen LogP contribution is -2.21. The van der Waals surface area contributed by atoms with Gasteiger partial charge in [-0.1, -0.05) is 34.1 Å². The van der Waals surface area contributed by atoms with Crippen molar-refractivity contribution in [2.75, 3.05) is 13.2 Å². The maximum absolute atomic E-state index is 5.52. The van der Waals surface area contributed by atoms with Crippen LogP contribution in [0.2, 0.25) is 0 Å². The first-order valence-corrected chi connectivity index (χ1v) is 6.16. The standard InChI is InChI=1S/C8H16O.C2H7N.C2H6.H2/c1-2-3-7-9-8-5-4-6-8;1-2-3;1-2;/h8H,2-7H2,1H3;2-3H2,1H3;1-2H3;1H. The Balaban J connectivity index is -0.000000209. The summed E-state index contributed by atoms with van der Waals surface area (Å²) in [5.74, 6) is 0. The summed E-state index contributed by atoms with van der Waals surface area (Å²) in [4.78, 5) is 0. The van der Waals surface area contributed by atoms with E-state index in [2.05, 4.69) is 6.92 Å². The van der Waals surface area contributed by atoms with Crippen molar-refractivity contribution in [3.8, 4) is 0 Å². The van der Waals surface area contributed by atoms with E-state index in [1.54, 1.807) is 0 Å². The van der Waals surface area contributed by atoms with Crippen molar-refractivity contribution >= 4 is 0 Å². The van der Waals surface area contributed by atoms with E-state index < -0.39 is 0 Å². The molecular formula is C12H31NO. The number of rotatable bonds is 4. The molecule has 0 heterocycles. The molecule has 2 N–H and O–H groups in total. The topological polar surface area (TPSA) is 35.2 Å². The second-order valence-electron chi connectivity index (χ2n) is 3.19. The third-order valence-electron chi connectivity index (χ3n) is 1.90. The number of ether oxygens (including phenoxy) is 1. The van der Waals surface area contributed by atoms with E-state index in [0.717, 1.165) is 13.2 Å². The fraction of sp³-hybridized carbons (Fsp3) is 1.00. The van der Waals surface area contributed by atoms with Crippen LogP contribution in [0.5, 0.6) is 0 Å². The highest BCUT2D eigenvalue weighted by molar-refractivity contribution is 4.68. The Morgan fingerprint density at radius 2 is 1.79 bits per heavy atom. The molecule has 0 amide bonds. The maximum Gasteiger partial charge on any atom is 0.0575 e. The first-order chi connectivity index (χ1) is 6.85. The molecule has 0 aliphatic heterocycles. The van der Waals surface area contributed by atoms with Gasteiger partial charge in [0.05, 0.1) is 6.10 Å². The largest absolute Gasteiger partial charge is 0.378 e. The van der Waals surface area contributed by atoms with Gasteiger partial charge < -0.3 is 10.5 Å². The van der Waals surface area contributed by atoms with Gasteiger partial charge in [0, 0.05) is 8.03 Å². The smallest absolute Gasteiger partial charge is 0.0575 e. The molecule has 2 heteroatoms. The molecule has 0 saturated heterocycles. The molecule has 1 fully saturated rings. The number of unbranched alkanes of at least 4 members (excludes halogenated alkanes) is 1. The molecule has 0 spiro atoms. The Labute approximate surface area is 91.7 Å². The average Bonchev–Trinajstić information content (AvgIpc) is 2.14. The Morgan fingerprint density at radius 1 is 1.29 bits per heavy atom. The minimum atomic E-state index is 0. The molecule has 0 bridgehead atoms. The lowest BCUT2D eigenvalue weighted by molar-refractivity contribution is 0.00117. The third-order valence-corrected chi connectivity index (χ3v) is 1.90. The van der Waals surface area contributed by atoms with Crippen molar-refractivity contribution in [2.45, 2.75) is 65.9 Å². The molecule has 0 unspecified atom stereocenters. The molecule has 0 aromatic carbocycles. The third kappa shape index (κ3) is 11.9. The van der Waals surface area contributed by atoms with Crippen molar-refractivity contribution in [1.82, 2.24) is 0 Å². The quantitative estimate of drug-likeness (QED) is 0.712. The summed E-state index contributed by atoms with van der Waals surface area (Å²) < 4.78 is 5.52. The molecule has 14 heavy (non-hydrogen) atoms. The number of hydrogen-bond acceptors (Lipinski definition) is 2. The van der Waals surface area contributed by atoms with Gasteiger partial charge >= 0.3 is 0 Å². The van der Waals surface area contributed by atoms with E-state index in [4.69, 9.17) is 10.5 Å². The van der Waals surface area contributed by atoms with E-state index in [9.17, 15) is 0 Å². The average molecular weight is 205 g/mol. The van der Waals surface area contributed by atoms with Crippen LogP contribution in [-0.2, 0) is 4.74 Å². The Morgan fingerprint density at radius 3 is 2.07 bits per heavy atom. The molecule has 1 aliphatic rings. The summed E-state index contributed by atoms with van der Waals surface area (Å²) in [5.41, 5.74) is 4.85. The van der Waals surface area contributed by atoms with Crippen LogP contribution in [-0.4, -0.2) is 19.3 Å². The van der Waals surface area contributed by atoms with Gasteiger partial charge in [-0.25, -0.2) is 0 Å². The highest BCUT2D eigenvalue weighted by Gasteiger charge is 2.16. The molecule has 1 saturated carbocycles. The minimum absolute atomic E-state index is 0. The van der Waals surface area contributed by atoms with Crippen molar-refractivity contribution < 1.29 is 6.16 Å². The molecule has 1 aliphatic carbocycles. The zero-order valence-corrected chi connectivity index (χ0v) is 10.5. The summed E-state index contributed by atoms with van der Waals surface area (Å²) in [7, 11) is 0. The highest BCUT2D eigenvalue weighted by Crippen LogP contribution is 2.21. The van der Waals surface area contributed by atoms with Gasteiger partial charge in [0.1, 0.15) is 0 Å². The lowest BCUT2D eigenvalue weighted by Gasteiger charge is -2.25. The first kappa shape index (κ1) is 16.4. The predicted octanol–water partition coefficient (Wildman–Crippen LogP) is 3.59. The Kier molecular flexibility index (Phi) is 18.0. The van der Waals surface area contributed by atoms with Crippen molar-refractivity contribution in [3.05, 3.63) is 0 Å². The van der Waals surface area contributed by atoms with Gasteiger partial charge in [0.2, 0.25) is 0 Å². The minimum Gasteiger partial charge on any atom is -0.378 e. The van der Waals surface area contributed by atoms with Crippen LogP contribution in [0.1, 0.15) is 61.2 Å². The molecule has 0 aromatic rings. The fourth-order valence-corrected chi connectivity index (χ4v) is 0.932. The second kappa shape index (κ2) is 15.4. The van der Waals surface area contributed by atoms with Crippen LogP contribution in [0, 0.1) is 0 Å². The molecule has 90 valence electrons. The zero-order chi connectivity index (χ0) is 11.2. The van der Waals surface area contributed by atoms with E-state index >= 15 is 0 Å². The zero-order valence-electron chi connectivity index (χ0n) is 10.5. The van der Waals surface area contributed by atoms with Gasteiger partial charge in [0.15, 0.2) is 0 Å². The highest BCUT2D eigenvalue weighted by atomic mass is 16.5. The molecule has 1 rings (SSSR count). The summed E-state index contributed by atoms with van der Waals surface area (Å²) in [5, 5.41) is 0. The number of hydrogen-bond donors (Lipinski definition) is 1. The summed E-state index contributed by atoms with van der Waals surface area (Å²) in [6, 6.07) is 0. The van der Waals surface area contributed by atoms with E-state index in [1.165, 1.54) is 32.1 Å². The molecule has 0 aromatic heterocycles. The van der Waals surface area contributed by atoms with Crippen LogP contribution in [0.25, 0.3) is 0 Å². The van der Waals surface area contributed by atoms with Crippen LogP contribution in [0.4, 0.5) is 0 Å². The van der Waals surface area contributed by atoms with Crippen molar-refractivity contribution in [2.24, 2.45) is 5.73 Å². The SMILES string of the molecule is CC.CCCCOC1CCC1.CCN.[HH]. The Bertz CT molecular complexity index is 87.7. The molecule has 0 radical (unpaired) electrons. The predicted molar refractivity (Wildman–Crippen MR) is 66.7 cm³/mol. The fourth-order valence-electron chi connectivity index (χ4n) is 0.932. The van der Waals surface area contributed by atoms with Crippen molar-refractivity contribution in [1.29, 1.82) is 0 Å². The molecule has 2 nitrogen and oxygen atoms in total. The van der Waals surface area contributed by atoms with Crippen molar-refractivity contribution in [3.63, 3.8) is 0 Å². The van der Waals surface area contributed by atoms with Gasteiger partial charge in [-0.2, -0.15) is 0 Å². The van der Waals surface area contributed by atoms with Gasteiger partial charge in [0.25, 0.3) is 0 Å². The Hall–Kier alpha value is -0.0800. The molecular weight excluding hydrogens is 174 g/mol. The van der Waals surface area contributed by atoms with Gasteiger partial charge in [-0.3, -0.25) is 0 Å². The van der Waals surface area contributed by atoms with Crippen LogP contribution < -0.4 is 5.73 Å². The summed E-state index contributed by atoms with van der Waals surface area (Å²) in [6.45, 7) is 9.84. The van der Waals surface area contributed by atoms with Gasteiger partial charge in [-0.05, 0) is 32.2 Å². The van der Waals surface area contributed by atoms with Crippen LogP contribution in [0.3, 0.4) is 0 Å². The summed E-state index contributed by atoms with van der Waals surface area (Å²) >= 11 is 0. The van der Waals surface area contributed by atoms with E-state index in [0.29, 0.717) is 6.10 Å². The summed E-state index contributed by atoms with van der Waals surface area (Å²) in [6.07, 6.45) is 7.13. The van der Waals surface area contributed by atoms with Crippen LogP contribution >= 0.6 is 0 Å². The van der Waals surface area contributed by atoms with Crippen LogP contribution in [0.15, 0.2) is 0 Å². The monoisotopic (exact) mass is 205 g/mol. The molecule has 0 atom stereocenters. The normalized spacial score (nSPS) is 14.4. The lowest BCUT2D eigenvalue weighted by atomic mass is 9.96. The number of nitrogens with two attached hydrogens (primary N) is 1. The second-order valence-corrected chi connectivity index (χ2v) is 3.19. The first-order valence-electron chi connectivity index (χ1n) is 6.16. The van der Waals surface area contributed by atoms with E-state index in [1.807, 2.05) is 20.8 Å². The maximum atomic E-state index is 5.52. The van der Waals surface area contributed by atoms with E-state index in [-0.39, 0.29) is 1.43 Å².